The van der Waals surface area contributed by atoms with E-state index in [1.807, 2.05) is 42.5 Å². The topological polar surface area (TPSA) is 89.3 Å². The van der Waals surface area contributed by atoms with Crippen molar-refractivity contribution in [2.24, 2.45) is 10.7 Å². The highest BCUT2D eigenvalue weighted by molar-refractivity contribution is 6.30. The van der Waals surface area contributed by atoms with Crippen LogP contribution in [0.5, 0.6) is 0 Å². The number of aromatic nitrogens is 2. The van der Waals surface area contributed by atoms with Crippen LogP contribution in [-0.2, 0) is 6.54 Å². The Hall–Kier alpha value is -2.86. The Labute approximate surface area is 138 Å². The SMILES string of the molecule is NC(=NCc1nc(-c2ccc(Cl)cc2)no1)Nc1ccccc1. The van der Waals surface area contributed by atoms with Crippen LogP contribution in [0.1, 0.15) is 5.89 Å². The van der Waals surface area contributed by atoms with Gasteiger partial charge in [-0.15, -0.1) is 0 Å². The molecule has 0 atom stereocenters. The molecule has 0 fully saturated rings. The first kappa shape index (κ1) is 15.1. The van der Waals surface area contributed by atoms with Gasteiger partial charge in [-0.1, -0.05) is 35.0 Å². The Kier molecular flexibility index (Phi) is 4.54. The molecule has 3 rings (SSSR count). The van der Waals surface area contributed by atoms with Gasteiger partial charge in [0, 0.05) is 16.3 Å². The summed E-state index contributed by atoms with van der Waals surface area (Å²) in [6.45, 7) is 0.201. The highest BCUT2D eigenvalue weighted by atomic mass is 35.5. The summed E-state index contributed by atoms with van der Waals surface area (Å²) in [4.78, 5) is 8.45. The van der Waals surface area contributed by atoms with Crippen molar-refractivity contribution in [3.8, 4) is 11.4 Å². The predicted molar refractivity (Wildman–Crippen MR) is 90.1 cm³/mol. The third-order valence-electron chi connectivity index (χ3n) is 3.00. The van der Waals surface area contributed by atoms with Gasteiger partial charge < -0.3 is 15.6 Å². The number of para-hydroxylation sites is 1. The standard InChI is InChI=1S/C16H14ClN5O/c17-12-8-6-11(7-9-12)15-21-14(23-22-15)10-19-16(18)20-13-4-2-1-3-5-13/h1-9H,10H2,(H3,18,19,20). The van der Waals surface area contributed by atoms with Gasteiger partial charge in [0.2, 0.25) is 11.7 Å². The Morgan fingerprint density at radius 3 is 2.61 bits per heavy atom. The number of nitrogens with two attached hydrogens (primary N) is 1. The van der Waals surface area contributed by atoms with Gasteiger partial charge in [0.15, 0.2) is 5.96 Å². The van der Waals surface area contributed by atoms with Crippen LogP contribution in [0.3, 0.4) is 0 Å². The van der Waals surface area contributed by atoms with Gasteiger partial charge in [0.1, 0.15) is 6.54 Å². The zero-order valence-corrected chi connectivity index (χ0v) is 12.9. The molecule has 0 aliphatic rings. The Morgan fingerprint density at radius 1 is 1.13 bits per heavy atom. The first-order valence-electron chi connectivity index (χ1n) is 6.91. The number of hydrogen-bond acceptors (Lipinski definition) is 4. The molecule has 0 unspecified atom stereocenters. The second-order valence-electron chi connectivity index (χ2n) is 4.71. The van der Waals surface area contributed by atoms with Gasteiger partial charge in [-0.3, -0.25) is 0 Å². The maximum absolute atomic E-state index is 5.85. The van der Waals surface area contributed by atoms with Crippen molar-refractivity contribution in [1.82, 2.24) is 10.1 Å². The molecule has 0 aliphatic heterocycles. The molecule has 2 aromatic carbocycles. The molecule has 0 amide bonds. The molecule has 1 heterocycles. The second-order valence-corrected chi connectivity index (χ2v) is 5.15. The summed E-state index contributed by atoms with van der Waals surface area (Å²) < 4.78 is 5.17. The van der Waals surface area contributed by atoms with E-state index in [-0.39, 0.29) is 12.5 Å². The fourth-order valence-electron chi connectivity index (χ4n) is 1.90. The average Bonchev–Trinajstić information content (AvgIpc) is 3.04. The molecule has 6 nitrogen and oxygen atoms in total. The van der Waals surface area contributed by atoms with Crippen LogP contribution in [0.25, 0.3) is 11.4 Å². The average molecular weight is 328 g/mol. The first-order chi connectivity index (χ1) is 11.2. The van der Waals surface area contributed by atoms with E-state index in [9.17, 15) is 0 Å². The van der Waals surface area contributed by atoms with Crippen molar-refractivity contribution < 1.29 is 4.52 Å². The highest BCUT2D eigenvalue weighted by Crippen LogP contribution is 2.18. The number of aliphatic imine (C=N–C) groups is 1. The normalized spacial score (nSPS) is 11.4. The zero-order valence-electron chi connectivity index (χ0n) is 12.1. The summed E-state index contributed by atoms with van der Waals surface area (Å²) >= 11 is 5.85. The fourth-order valence-corrected chi connectivity index (χ4v) is 2.02. The van der Waals surface area contributed by atoms with E-state index in [2.05, 4.69) is 20.4 Å². The molecule has 7 heteroatoms. The number of guanidine groups is 1. The van der Waals surface area contributed by atoms with Crippen LogP contribution >= 0.6 is 11.6 Å². The van der Waals surface area contributed by atoms with Crippen LogP contribution in [0.2, 0.25) is 5.02 Å². The third-order valence-corrected chi connectivity index (χ3v) is 3.25. The van der Waals surface area contributed by atoms with E-state index in [4.69, 9.17) is 21.9 Å². The molecular weight excluding hydrogens is 314 g/mol. The van der Waals surface area contributed by atoms with Crippen LogP contribution in [0.4, 0.5) is 5.69 Å². The molecule has 0 radical (unpaired) electrons. The molecule has 116 valence electrons. The number of rotatable bonds is 4. The summed E-state index contributed by atoms with van der Waals surface area (Å²) in [5, 5.41) is 7.55. The summed E-state index contributed by atoms with van der Waals surface area (Å²) in [7, 11) is 0. The minimum atomic E-state index is 0.201. The molecule has 0 saturated carbocycles. The third kappa shape index (κ3) is 4.08. The number of benzene rings is 2. The highest BCUT2D eigenvalue weighted by Gasteiger charge is 2.08. The quantitative estimate of drug-likeness (QED) is 0.566. The van der Waals surface area contributed by atoms with Gasteiger partial charge in [0.25, 0.3) is 0 Å². The van der Waals surface area contributed by atoms with Gasteiger partial charge in [-0.2, -0.15) is 4.98 Å². The molecule has 0 spiro atoms. The predicted octanol–water partition coefficient (Wildman–Crippen LogP) is 3.32. The Morgan fingerprint density at radius 2 is 1.87 bits per heavy atom. The second kappa shape index (κ2) is 6.93. The Balaban J connectivity index is 1.64. The fraction of sp³-hybridized carbons (Fsp3) is 0.0625. The summed E-state index contributed by atoms with van der Waals surface area (Å²) in [5.41, 5.74) is 7.51. The van der Waals surface area contributed by atoms with E-state index in [1.165, 1.54) is 0 Å². The van der Waals surface area contributed by atoms with Crippen molar-refractivity contribution in [2.45, 2.75) is 6.54 Å². The molecule has 3 N–H and O–H groups in total. The molecule has 1 aromatic heterocycles. The number of anilines is 1. The summed E-state index contributed by atoms with van der Waals surface area (Å²) in [6, 6.07) is 16.7. The van der Waals surface area contributed by atoms with Crippen molar-refractivity contribution in [3.05, 3.63) is 65.5 Å². The lowest BCUT2D eigenvalue weighted by Gasteiger charge is -2.03. The maximum atomic E-state index is 5.85. The molecule has 23 heavy (non-hydrogen) atoms. The van der Waals surface area contributed by atoms with E-state index in [1.54, 1.807) is 12.1 Å². The largest absolute Gasteiger partial charge is 0.370 e. The minimum absolute atomic E-state index is 0.201. The smallest absolute Gasteiger partial charge is 0.248 e. The van der Waals surface area contributed by atoms with Crippen LogP contribution in [-0.4, -0.2) is 16.1 Å². The maximum Gasteiger partial charge on any atom is 0.248 e. The van der Waals surface area contributed by atoms with Gasteiger partial charge in [-0.25, -0.2) is 4.99 Å². The van der Waals surface area contributed by atoms with E-state index in [0.717, 1.165) is 11.3 Å². The lowest BCUT2D eigenvalue weighted by Crippen LogP contribution is -2.22. The zero-order chi connectivity index (χ0) is 16.1. The molecule has 3 aromatic rings. The Bertz CT molecular complexity index is 799. The summed E-state index contributed by atoms with van der Waals surface area (Å²) in [5.74, 6) is 1.15. The minimum Gasteiger partial charge on any atom is -0.370 e. The number of nitrogens with one attached hydrogen (secondary N) is 1. The number of hydrogen-bond donors (Lipinski definition) is 2. The van der Waals surface area contributed by atoms with Gasteiger partial charge >= 0.3 is 0 Å². The van der Waals surface area contributed by atoms with Crippen molar-refractivity contribution >= 4 is 23.2 Å². The van der Waals surface area contributed by atoms with E-state index < -0.39 is 0 Å². The van der Waals surface area contributed by atoms with Crippen molar-refractivity contribution in [3.63, 3.8) is 0 Å². The van der Waals surface area contributed by atoms with Crippen LogP contribution in [0.15, 0.2) is 64.1 Å². The van der Waals surface area contributed by atoms with Crippen LogP contribution in [0, 0.1) is 0 Å². The number of nitrogens with zero attached hydrogens (tertiary/aromatic N) is 3. The van der Waals surface area contributed by atoms with Crippen molar-refractivity contribution in [1.29, 1.82) is 0 Å². The van der Waals surface area contributed by atoms with Gasteiger partial charge in [-0.05, 0) is 36.4 Å². The summed E-state index contributed by atoms with van der Waals surface area (Å²) in [6.07, 6.45) is 0. The lowest BCUT2D eigenvalue weighted by atomic mass is 10.2. The van der Waals surface area contributed by atoms with E-state index >= 15 is 0 Å². The first-order valence-corrected chi connectivity index (χ1v) is 7.29. The molecule has 0 saturated heterocycles. The van der Waals surface area contributed by atoms with E-state index in [0.29, 0.717) is 16.7 Å². The van der Waals surface area contributed by atoms with Gasteiger partial charge in [0.05, 0.1) is 0 Å². The van der Waals surface area contributed by atoms with Crippen molar-refractivity contribution in [2.75, 3.05) is 5.32 Å². The van der Waals surface area contributed by atoms with Crippen LogP contribution < -0.4 is 11.1 Å². The monoisotopic (exact) mass is 327 g/mol. The molecule has 0 aliphatic carbocycles. The molecular formula is C16H14ClN5O. The molecule has 0 bridgehead atoms. The lowest BCUT2D eigenvalue weighted by molar-refractivity contribution is 0.381. The number of halogens is 1.